The SMILES string of the molecule is CC[C@H](C)n1cccc1CNC. The molecule has 1 rings (SSSR count). The lowest BCUT2D eigenvalue weighted by Crippen LogP contribution is -2.13. The highest BCUT2D eigenvalue weighted by Crippen LogP contribution is 2.13. The first-order valence-corrected chi connectivity index (χ1v) is 4.60. The van der Waals surface area contributed by atoms with Crippen molar-refractivity contribution in [2.24, 2.45) is 0 Å². The third kappa shape index (κ3) is 1.89. The van der Waals surface area contributed by atoms with Gasteiger partial charge in [0.15, 0.2) is 0 Å². The molecule has 68 valence electrons. The van der Waals surface area contributed by atoms with E-state index in [-0.39, 0.29) is 0 Å². The van der Waals surface area contributed by atoms with Gasteiger partial charge in [0.25, 0.3) is 0 Å². The molecule has 0 spiro atoms. The average Bonchev–Trinajstić information content (AvgIpc) is 2.52. The van der Waals surface area contributed by atoms with Gasteiger partial charge in [-0.25, -0.2) is 0 Å². The summed E-state index contributed by atoms with van der Waals surface area (Å²) < 4.78 is 2.33. The van der Waals surface area contributed by atoms with Crippen LogP contribution in [0.1, 0.15) is 32.0 Å². The summed E-state index contributed by atoms with van der Waals surface area (Å²) in [4.78, 5) is 0. The molecule has 12 heavy (non-hydrogen) atoms. The first-order valence-electron chi connectivity index (χ1n) is 4.60. The first-order chi connectivity index (χ1) is 5.79. The van der Waals surface area contributed by atoms with Crippen LogP contribution in [0.2, 0.25) is 0 Å². The first kappa shape index (κ1) is 9.33. The standard InChI is InChI=1S/C10H18N2/c1-4-9(2)12-7-5-6-10(12)8-11-3/h5-7,9,11H,4,8H2,1-3H3/t9-/m0/s1. The molecule has 0 bridgehead atoms. The zero-order chi connectivity index (χ0) is 8.97. The van der Waals surface area contributed by atoms with Crippen molar-refractivity contribution in [2.45, 2.75) is 32.9 Å². The van der Waals surface area contributed by atoms with Crippen LogP contribution < -0.4 is 5.32 Å². The summed E-state index contributed by atoms with van der Waals surface area (Å²) in [5.41, 5.74) is 1.37. The average molecular weight is 166 g/mol. The Morgan fingerprint density at radius 1 is 1.58 bits per heavy atom. The molecule has 0 aromatic carbocycles. The third-order valence-electron chi connectivity index (χ3n) is 2.29. The molecule has 0 fully saturated rings. The maximum atomic E-state index is 3.17. The molecule has 1 aromatic heterocycles. The normalized spacial score (nSPS) is 13.2. The molecule has 1 atom stereocenters. The lowest BCUT2D eigenvalue weighted by Gasteiger charge is -2.15. The number of nitrogens with one attached hydrogen (secondary N) is 1. The van der Waals surface area contributed by atoms with E-state index in [1.165, 1.54) is 12.1 Å². The van der Waals surface area contributed by atoms with Gasteiger partial charge in [0.2, 0.25) is 0 Å². The van der Waals surface area contributed by atoms with Crippen LogP contribution >= 0.6 is 0 Å². The Hall–Kier alpha value is -0.760. The van der Waals surface area contributed by atoms with Gasteiger partial charge in [0.1, 0.15) is 0 Å². The van der Waals surface area contributed by atoms with E-state index in [1.54, 1.807) is 0 Å². The van der Waals surface area contributed by atoms with Crippen LogP contribution in [0, 0.1) is 0 Å². The van der Waals surface area contributed by atoms with Crippen LogP contribution in [0.3, 0.4) is 0 Å². The van der Waals surface area contributed by atoms with Gasteiger partial charge >= 0.3 is 0 Å². The van der Waals surface area contributed by atoms with Crippen LogP contribution in [-0.2, 0) is 6.54 Å². The Morgan fingerprint density at radius 3 is 2.92 bits per heavy atom. The van der Waals surface area contributed by atoms with Gasteiger partial charge in [-0.15, -0.1) is 0 Å². The van der Waals surface area contributed by atoms with Crippen LogP contribution in [-0.4, -0.2) is 11.6 Å². The van der Waals surface area contributed by atoms with Crippen molar-refractivity contribution < 1.29 is 0 Å². The van der Waals surface area contributed by atoms with Crippen molar-refractivity contribution in [3.63, 3.8) is 0 Å². The highest BCUT2D eigenvalue weighted by Gasteiger charge is 2.04. The summed E-state index contributed by atoms with van der Waals surface area (Å²) >= 11 is 0. The molecule has 0 amide bonds. The van der Waals surface area contributed by atoms with E-state index in [2.05, 4.69) is 42.1 Å². The van der Waals surface area contributed by atoms with Crippen molar-refractivity contribution in [1.82, 2.24) is 9.88 Å². The summed E-state index contributed by atoms with van der Waals surface area (Å²) in [5.74, 6) is 0. The van der Waals surface area contributed by atoms with Gasteiger partial charge in [-0.3, -0.25) is 0 Å². The minimum atomic E-state index is 0.614. The second-order valence-corrected chi connectivity index (χ2v) is 3.19. The number of nitrogens with zero attached hydrogens (tertiary/aromatic N) is 1. The van der Waals surface area contributed by atoms with Gasteiger partial charge in [-0.05, 0) is 32.5 Å². The summed E-state index contributed by atoms with van der Waals surface area (Å²) in [6.45, 7) is 5.42. The minimum Gasteiger partial charge on any atom is -0.347 e. The summed E-state index contributed by atoms with van der Waals surface area (Å²) in [6, 6.07) is 4.89. The molecule has 1 N–H and O–H groups in total. The third-order valence-corrected chi connectivity index (χ3v) is 2.29. The van der Waals surface area contributed by atoms with E-state index in [0.717, 1.165) is 6.54 Å². The molecule has 0 unspecified atom stereocenters. The molecular formula is C10H18N2. The van der Waals surface area contributed by atoms with Gasteiger partial charge < -0.3 is 9.88 Å². The molecule has 0 aliphatic rings. The smallest absolute Gasteiger partial charge is 0.0357 e. The fourth-order valence-electron chi connectivity index (χ4n) is 1.39. The lowest BCUT2D eigenvalue weighted by atomic mass is 10.2. The molecule has 1 aromatic rings. The van der Waals surface area contributed by atoms with Gasteiger partial charge in [-0.2, -0.15) is 0 Å². The molecule has 2 nitrogen and oxygen atoms in total. The van der Waals surface area contributed by atoms with E-state index < -0.39 is 0 Å². The van der Waals surface area contributed by atoms with Crippen molar-refractivity contribution >= 4 is 0 Å². The predicted octanol–water partition coefficient (Wildman–Crippen LogP) is 2.18. The van der Waals surface area contributed by atoms with Gasteiger partial charge in [-0.1, -0.05) is 6.92 Å². The topological polar surface area (TPSA) is 17.0 Å². The second kappa shape index (κ2) is 4.31. The quantitative estimate of drug-likeness (QED) is 0.725. The van der Waals surface area contributed by atoms with E-state index in [9.17, 15) is 0 Å². The van der Waals surface area contributed by atoms with E-state index >= 15 is 0 Å². The fourth-order valence-corrected chi connectivity index (χ4v) is 1.39. The monoisotopic (exact) mass is 166 g/mol. The summed E-state index contributed by atoms with van der Waals surface area (Å²) in [7, 11) is 1.98. The molecule has 0 aliphatic heterocycles. The van der Waals surface area contributed by atoms with Crippen LogP contribution in [0.4, 0.5) is 0 Å². The van der Waals surface area contributed by atoms with Crippen LogP contribution in [0.15, 0.2) is 18.3 Å². The zero-order valence-electron chi connectivity index (χ0n) is 8.17. The second-order valence-electron chi connectivity index (χ2n) is 3.19. The number of rotatable bonds is 4. The number of aromatic nitrogens is 1. The van der Waals surface area contributed by atoms with E-state index in [0.29, 0.717) is 6.04 Å². The van der Waals surface area contributed by atoms with E-state index in [4.69, 9.17) is 0 Å². The highest BCUT2D eigenvalue weighted by atomic mass is 15.0. The Morgan fingerprint density at radius 2 is 2.33 bits per heavy atom. The Bertz CT molecular complexity index is 227. The molecule has 0 saturated heterocycles. The Labute approximate surface area is 74.6 Å². The molecule has 2 heteroatoms. The van der Waals surface area contributed by atoms with Crippen molar-refractivity contribution in [3.8, 4) is 0 Å². The molecular weight excluding hydrogens is 148 g/mol. The van der Waals surface area contributed by atoms with E-state index in [1.807, 2.05) is 7.05 Å². The zero-order valence-corrected chi connectivity index (χ0v) is 8.17. The largest absolute Gasteiger partial charge is 0.347 e. The molecule has 0 saturated carbocycles. The molecule has 0 radical (unpaired) electrons. The molecule has 0 aliphatic carbocycles. The predicted molar refractivity (Wildman–Crippen MR) is 52.2 cm³/mol. The summed E-state index contributed by atoms with van der Waals surface area (Å²) in [6.07, 6.45) is 3.34. The van der Waals surface area contributed by atoms with Crippen LogP contribution in [0.25, 0.3) is 0 Å². The van der Waals surface area contributed by atoms with Gasteiger partial charge in [0.05, 0.1) is 0 Å². The summed E-state index contributed by atoms with van der Waals surface area (Å²) in [5, 5.41) is 3.17. The maximum absolute atomic E-state index is 3.17. The fraction of sp³-hybridized carbons (Fsp3) is 0.600. The number of hydrogen-bond donors (Lipinski definition) is 1. The van der Waals surface area contributed by atoms with Crippen molar-refractivity contribution in [2.75, 3.05) is 7.05 Å². The number of hydrogen-bond acceptors (Lipinski definition) is 1. The maximum Gasteiger partial charge on any atom is 0.0357 e. The Kier molecular flexibility index (Phi) is 3.35. The highest BCUT2D eigenvalue weighted by molar-refractivity contribution is 5.08. The van der Waals surface area contributed by atoms with Crippen molar-refractivity contribution in [1.29, 1.82) is 0 Å². The Balaban J connectivity index is 2.76. The van der Waals surface area contributed by atoms with Crippen LogP contribution in [0.5, 0.6) is 0 Å². The lowest BCUT2D eigenvalue weighted by molar-refractivity contribution is 0.508. The minimum absolute atomic E-state index is 0.614. The molecule has 1 heterocycles. The van der Waals surface area contributed by atoms with Crippen molar-refractivity contribution in [3.05, 3.63) is 24.0 Å². The van der Waals surface area contributed by atoms with Gasteiger partial charge in [0, 0.05) is 24.5 Å².